The molecule has 0 amide bonds. The van der Waals surface area contributed by atoms with Crippen LogP contribution >= 0.6 is 0 Å². The van der Waals surface area contributed by atoms with Crippen LogP contribution in [0.15, 0.2) is 0 Å². The fourth-order valence-electron chi connectivity index (χ4n) is 2.49. The summed E-state index contributed by atoms with van der Waals surface area (Å²) in [4.78, 5) is 0. The summed E-state index contributed by atoms with van der Waals surface area (Å²) in [5.41, 5.74) is 0. The standard InChI is InChI=1S/C16H32O8/c1-2-3-4-5-6-7-22-9-11(18)10-23-16-15(21)14(20)13(19)12(8-17)24-16/h11-21H,2-10H2,1H3/t11?,12-,13+,14+,15-,16-/m1/s1. The molecule has 1 aliphatic heterocycles. The van der Waals surface area contributed by atoms with Gasteiger partial charge < -0.3 is 39.7 Å². The number of unbranched alkanes of at least 4 members (excludes halogenated alkanes) is 4. The van der Waals surface area contributed by atoms with Crippen molar-refractivity contribution in [2.75, 3.05) is 26.4 Å². The molecular weight excluding hydrogens is 320 g/mol. The van der Waals surface area contributed by atoms with Crippen LogP contribution < -0.4 is 0 Å². The van der Waals surface area contributed by atoms with Gasteiger partial charge in [-0.25, -0.2) is 0 Å². The molecule has 0 aromatic heterocycles. The van der Waals surface area contributed by atoms with Crippen molar-refractivity contribution in [3.05, 3.63) is 0 Å². The first-order valence-electron chi connectivity index (χ1n) is 8.69. The van der Waals surface area contributed by atoms with Crippen LogP contribution in [0.2, 0.25) is 0 Å². The van der Waals surface area contributed by atoms with Gasteiger partial charge >= 0.3 is 0 Å². The molecule has 1 aliphatic rings. The highest BCUT2D eigenvalue weighted by Crippen LogP contribution is 2.22. The van der Waals surface area contributed by atoms with Crippen molar-refractivity contribution in [1.82, 2.24) is 0 Å². The molecule has 8 nitrogen and oxygen atoms in total. The molecule has 0 aliphatic carbocycles. The molecule has 5 N–H and O–H groups in total. The van der Waals surface area contributed by atoms with E-state index in [2.05, 4.69) is 6.92 Å². The third kappa shape index (κ3) is 7.28. The monoisotopic (exact) mass is 352 g/mol. The highest BCUT2D eigenvalue weighted by atomic mass is 16.7. The van der Waals surface area contributed by atoms with E-state index in [1.54, 1.807) is 0 Å². The maximum absolute atomic E-state index is 9.80. The Labute approximate surface area is 143 Å². The van der Waals surface area contributed by atoms with Gasteiger partial charge in [-0.15, -0.1) is 0 Å². The van der Waals surface area contributed by atoms with Crippen LogP contribution in [0.5, 0.6) is 0 Å². The van der Waals surface area contributed by atoms with E-state index in [0.29, 0.717) is 6.61 Å². The molecule has 0 radical (unpaired) electrons. The van der Waals surface area contributed by atoms with Gasteiger partial charge in [0.2, 0.25) is 0 Å². The van der Waals surface area contributed by atoms with Crippen molar-refractivity contribution in [3.8, 4) is 0 Å². The second-order valence-corrected chi connectivity index (χ2v) is 6.17. The number of aliphatic hydroxyl groups is 5. The van der Waals surface area contributed by atoms with Crippen molar-refractivity contribution >= 4 is 0 Å². The highest BCUT2D eigenvalue weighted by molar-refractivity contribution is 4.88. The summed E-state index contributed by atoms with van der Waals surface area (Å²) in [6.45, 7) is 2.15. The summed E-state index contributed by atoms with van der Waals surface area (Å²) in [7, 11) is 0. The molecule has 0 saturated carbocycles. The molecule has 1 unspecified atom stereocenters. The Bertz CT molecular complexity index is 314. The van der Waals surface area contributed by atoms with Gasteiger partial charge in [0.25, 0.3) is 0 Å². The average molecular weight is 352 g/mol. The third-order valence-electron chi connectivity index (χ3n) is 4.00. The first-order valence-corrected chi connectivity index (χ1v) is 8.69. The Kier molecular flexibility index (Phi) is 11.0. The maximum atomic E-state index is 9.80. The van der Waals surface area contributed by atoms with Gasteiger partial charge in [0.05, 0.1) is 19.8 Å². The molecule has 1 rings (SSSR count). The first kappa shape index (κ1) is 21.7. The smallest absolute Gasteiger partial charge is 0.186 e. The molecule has 0 aromatic carbocycles. The van der Waals surface area contributed by atoms with Crippen molar-refractivity contribution in [2.45, 2.75) is 75.8 Å². The number of ether oxygens (including phenoxy) is 3. The first-order chi connectivity index (χ1) is 11.5. The zero-order valence-electron chi connectivity index (χ0n) is 14.3. The predicted molar refractivity (Wildman–Crippen MR) is 85.3 cm³/mol. The van der Waals surface area contributed by atoms with Crippen LogP contribution in [-0.2, 0) is 14.2 Å². The van der Waals surface area contributed by atoms with E-state index in [4.69, 9.17) is 19.3 Å². The van der Waals surface area contributed by atoms with E-state index >= 15 is 0 Å². The zero-order valence-corrected chi connectivity index (χ0v) is 14.3. The second-order valence-electron chi connectivity index (χ2n) is 6.17. The topological polar surface area (TPSA) is 129 Å². The Hall–Kier alpha value is -0.320. The van der Waals surface area contributed by atoms with Gasteiger partial charge in [-0.2, -0.15) is 0 Å². The molecule has 1 saturated heterocycles. The van der Waals surface area contributed by atoms with Crippen LogP contribution in [0, 0.1) is 0 Å². The minimum atomic E-state index is -1.49. The second kappa shape index (κ2) is 12.1. The SMILES string of the molecule is CCCCCCCOCC(O)CO[C@@H]1O[C@H](CO)[C@H](O)[C@H](O)[C@H]1O. The largest absolute Gasteiger partial charge is 0.394 e. The molecule has 24 heavy (non-hydrogen) atoms. The van der Waals surface area contributed by atoms with Crippen molar-refractivity contribution in [2.24, 2.45) is 0 Å². The van der Waals surface area contributed by atoms with Gasteiger partial charge in [0.15, 0.2) is 6.29 Å². The minimum absolute atomic E-state index is 0.102. The molecule has 1 heterocycles. The normalized spacial score (nSPS) is 32.0. The van der Waals surface area contributed by atoms with Crippen molar-refractivity contribution in [3.63, 3.8) is 0 Å². The lowest BCUT2D eigenvalue weighted by Gasteiger charge is -2.39. The van der Waals surface area contributed by atoms with Crippen molar-refractivity contribution < 1.29 is 39.7 Å². The molecule has 0 bridgehead atoms. The summed E-state index contributed by atoms with van der Waals surface area (Å²) in [5.74, 6) is 0. The fraction of sp³-hybridized carbons (Fsp3) is 1.00. The van der Waals surface area contributed by atoms with E-state index < -0.39 is 43.4 Å². The molecule has 1 fully saturated rings. The van der Waals surface area contributed by atoms with E-state index in [-0.39, 0.29) is 13.2 Å². The Morgan fingerprint density at radius 2 is 1.67 bits per heavy atom. The van der Waals surface area contributed by atoms with Gasteiger partial charge in [-0.3, -0.25) is 0 Å². The highest BCUT2D eigenvalue weighted by Gasteiger charge is 2.44. The van der Waals surface area contributed by atoms with E-state index in [9.17, 15) is 20.4 Å². The van der Waals surface area contributed by atoms with Crippen LogP contribution in [-0.4, -0.2) is 88.8 Å². The minimum Gasteiger partial charge on any atom is -0.394 e. The molecular formula is C16H32O8. The van der Waals surface area contributed by atoms with E-state index in [1.165, 1.54) is 19.3 Å². The number of hydrogen-bond donors (Lipinski definition) is 5. The van der Waals surface area contributed by atoms with Crippen LogP contribution in [0.25, 0.3) is 0 Å². The number of hydrogen-bond acceptors (Lipinski definition) is 8. The molecule has 0 aromatic rings. The van der Waals surface area contributed by atoms with Crippen LogP contribution in [0.4, 0.5) is 0 Å². The average Bonchev–Trinajstić information content (AvgIpc) is 2.58. The van der Waals surface area contributed by atoms with Gasteiger partial charge in [0.1, 0.15) is 30.5 Å². The summed E-state index contributed by atoms with van der Waals surface area (Å²) < 4.78 is 15.8. The lowest BCUT2D eigenvalue weighted by atomic mass is 9.99. The maximum Gasteiger partial charge on any atom is 0.186 e. The van der Waals surface area contributed by atoms with Gasteiger partial charge in [0, 0.05) is 6.61 Å². The molecule has 144 valence electrons. The van der Waals surface area contributed by atoms with Crippen molar-refractivity contribution in [1.29, 1.82) is 0 Å². The summed E-state index contributed by atoms with van der Waals surface area (Å²) in [6, 6.07) is 0. The summed E-state index contributed by atoms with van der Waals surface area (Å²) in [6.07, 6.45) is -1.89. The van der Waals surface area contributed by atoms with E-state index in [1.807, 2.05) is 0 Å². The predicted octanol–water partition coefficient (Wildman–Crippen LogP) is -0.849. The Morgan fingerprint density at radius 3 is 2.33 bits per heavy atom. The third-order valence-corrected chi connectivity index (χ3v) is 4.00. The van der Waals surface area contributed by atoms with E-state index in [0.717, 1.165) is 12.8 Å². The quantitative estimate of drug-likeness (QED) is 0.287. The fourth-order valence-corrected chi connectivity index (χ4v) is 2.49. The molecule has 6 atom stereocenters. The summed E-state index contributed by atoms with van der Waals surface area (Å²) >= 11 is 0. The van der Waals surface area contributed by atoms with Gasteiger partial charge in [-0.1, -0.05) is 32.6 Å². The molecule has 8 heteroatoms. The lowest BCUT2D eigenvalue weighted by molar-refractivity contribution is -0.305. The van der Waals surface area contributed by atoms with Crippen LogP contribution in [0.3, 0.4) is 0 Å². The van der Waals surface area contributed by atoms with Crippen LogP contribution in [0.1, 0.15) is 39.0 Å². The number of rotatable bonds is 12. The number of aliphatic hydroxyl groups excluding tert-OH is 5. The zero-order chi connectivity index (χ0) is 17.9. The summed E-state index contributed by atoms with van der Waals surface area (Å²) in [5, 5.41) is 48.0. The Balaban J connectivity index is 2.17. The van der Waals surface area contributed by atoms with Gasteiger partial charge in [-0.05, 0) is 6.42 Å². The Morgan fingerprint density at radius 1 is 0.958 bits per heavy atom. The molecule has 0 spiro atoms. The lowest BCUT2D eigenvalue weighted by Crippen LogP contribution is -2.59.